The SMILES string of the molecule is CC(C)n1ncc(C(=O)NN)c1N. The van der Waals surface area contributed by atoms with Crippen LogP contribution in [0.3, 0.4) is 0 Å². The van der Waals surface area contributed by atoms with E-state index in [9.17, 15) is 4.79 Å². The van der Waals surface area contributed by atoms with Crippen LogP contribution in [-0.4, -0.2) is 15.7 Å². The van der Waals surface area contributed by atoms with Crippen molar-refractivity contribution in [2.75, 3.05) is 5.73 Å². The van der Waals surface area contributed by atoms with Crippen LogP contribution in [-0.2, 0) is 0 Å². The Morgan fingerprint density at radius 3 is 2.69 bits per heavy atom. The molecule has 6 nitrogen and oxygen atoms in total. The van der Waals surface area contributed by atoms with Gasteiger partial charge in [0.1, 0.15) is 11.4 Å². The Bertz CT molecular complexity index is 317. The van der Waals surface area contributed by atoms with Crippen molar-refractivity contribution < 1.29 is 4.79 Å². The van der Waals surface area contributed by atoms with E-state index in [4.69, 9.17) is 11.6 Å². The molecule has 1 amide bonds. The molecule has 72 valence electrons. The maximum absolute atomic E-state index is 11.1. The number of carbonyl (C=O) groups is 1. The van der Waals surface area contributed by atoms with Crippen molar-refractivity contribution in [2.45, 2.75) is 19.9 Å². The molecule has 13 heavy (non-hydrogen) atoms. The van der Waals surface area contributed by atoms with Crippen LogP contribution in [0.15, 0.2) is 6.20 Å². The van der Waals surface area contributed by atoms with Gasteiger partial charge in [0.25, 0.3) is 5.91 Å². The van der Waals surface area contributed by atoms with Crippen LogP contribution in [0.1, 0.15) is 30.2 Å². The number of amides is 1. The van der Waals surface area contributed by atoms with Gasteiger partial charge in [0, 0.05) is 6.04 Å². The number of hydrogen-bond acceptors (Lipinski definition) is 4. The van der Waals surface area contributed by atoms with Gasteiger partial charge in [-0.1, -0.05) is 0 Å². The van der Waals surface area contributed by atoms with E-state index in [1.54, 1.807) is 4.68 Å². The predicted octanol–water partition coefficient (Wildman–Crippen LogP) is -0.350. The quantitative estimate of drug-likeness (QED) is 0.331. The van der Waals surface area contributed by atoms with Gasteiger partial charge in [0.2, 0.25) is 0 Å². The van der Waals surface area contributed by atoms with Gasteiger partial charge in [-0.25, -0.2) is 10.5 Å². The average molecular weight is 183 g/mol. The van der Waals surface area contributed by atoms with Gasteiger partial charge in [0.15, 0.2) is 0 Å². The second-order valence-electron chi connectivity index (χ2n) is 2.96. The van der Waals surface area contributed by atoms with Crippen molar-refractivity contribution in [1.29, 1.82) is 0 Å². The number of nitrogens with zero attached hydrogens (tertiary/aromatic N) is 2. The van der Waals surface area contributed by atoms with Crippen LogP contribution < -0.4 is 17.0 Å². The molecule has 0 radical (unpaired) electrons. The van der Waals surface area contributed by atoms with Crippen LogP contribution in [0.5, 0.6) is 0 Å². The molecule has 6 heteroatoms. The highest BCUT2D eigenvalue weighted by Crippen LogP contribution is 2.15. The van der Waals surface area contributed by atoms with Gasteiger partial charge in [-0.15, -0.1) is 0 Å². The average Bonchev–Trinajstić information content (AvgIpc) is 2.46. The van der Waals surface area contributed by atoms with E-state index in [2.05, 4.69) is 5.10 Å². The second-order valence-corrected chi connectivity index (χ2v) is 2.96. The van der Waals surface area contributed by atoms with Gasteiger partial charge in [0.05, 0.1) is 6.20 Å². The Morgan fingerprint density at radius 1 is 1.69 bits per heavy atom. The van der Waals surface area contributed by atoms with Crippen LogP contribution in [0.2, 0.25) is 0 Å². The van der Waals surface area contributed by atoms with Gasteiger partial charge in [-0.2, -0.15) is 5.10 Å². The van der Waals surface area contributed by atoms with Crippen molar-refractivity contribution in [3.05, 3.63) is 11.8 Å². The van der Waals surface area contributed by atoms with E-state index in [0.717, 1.165) is 0 Å². The summed E-state index contributed by atoms with van der Waals surface area (Å²) in [5.74, 6) is 4.87. The summed E-state index contributed by atoms with van der Waals surface area (Å²) in [5, 5.41) is 3.96. The predicted molar refractivity (Wildman–Crippen MR) is 48.7 cm³/mol. The third-order valence-electron chi connectivity index (χ3n) is 1.70. The molecule has 0 aliphatic rings. The first-order valence-corrected chi connectivity index (χ1v) is 3.91. The maximum atomic E-state index is 11.1. The zero-order chi connectivity index (χ0) is 10.0. The molecule has 5 N–H and O–H groups in total. The second kappa shape index (κ2) is 3.44. The number of aromatic nitrogens is 2. The molecule has 0 aromatic carbocycles. The summed E-state index contributed by atoms with van der Waals surface area (Å²) in [6, 6.07) is 0.124. The Hall–Kier alpha value is -1.56. The molecule has 0 saturated heterocycles. The van der Waals surface area contributed by atoms with Crippen molar-refractivity contribution >= 4 is 11.7 Å². The van der Waals surface area contributed by atoms with Gasteiger partial charge < -0.3 is 5.73 Å². The minimum atomic E-state index is -0.426. The molecule has 0 bridgehead atoms. The zero-order valence-electron chi connectivity index (χ0n) is 7.61. The van der Waals surface area contributed by atoms with Crippen molar-refractivity contribution in [2.24, 2.45) is 5.84 Å². The molecular formula is C7H13N5O. The first kappa shape index (κ1) is 9.53. The Morgan fingerprint density at radius 2 is 2.31 bits per heavy atom. The van der Waals surface area contributed by atoms with E-state index in [0.29, 0.717) is 11.4 Å². The number of anilines is 1. The van der Waals surface area contributed by atoms with Crippen LogP contribution in [0, 0.1) is 0 Å². The highest BCUT2D eigenvalue weighted by Gasteiger charge is 2.14. The number of hydrazine groups is 1. The fourth-order valence-corrected chi connectivity index (χ4v) is 1.04. The largest absolute Gasteiger partial charge is 0.383 e. The van der Waals surface area contributed by atoms with Gasteiger partial charge >= 0.3 is 0 Å². The molecule has 0 aliphatic carbocycles. The van der Waals surface area contributed by atoms with Gasteiger partial charge in [-0.05, 0) is 13.8 Å². The smallest absolute Gasteiger partial charge is 0.270 e. The Labute approximate surface area is 75.9 Å². The van der Waals surface area contributed by atoms with E-state index >= 15 is 0 Å². The van der Waals surface area contributed by atoms with E-state index in [-0.39, 0.29) is 6.04 Å². The monoisotopic (exact) mass is 183 g/mol. The van der Waals surface area contributed by atoms with E-state index < -0.39 is 5.91 Å². The number of nitrogens with one attached hydrogen (secondary N) is 1. The molecule has 1 heterocycles. The normalized spacial score (nSPS) is 10.5. The van der Waals surface area contributed by atoms with Crippen LogP contribution in [0.25, 0.3) is 0 Å². The minimum Gasteiger partial charge on any atom is -0.383 e. The highest BCUT2D eigenvalue weighted by atomic mass is 16.2. The third-order valence-corrected chi connectivity index (χ3v) is 1.70. The highest BCUT2D eigenvalue weighted by molar-refractivity contribution is 5.97. The number of nitrogens with two attached hydrogens (primary N) is 2. The number of carbonyl (C=O) groups excluding carboxylic acids is 1. The van der Waals surface area contributed by atoms with Crippen molar-refractivity contribution in [3.8, 4) is 0 Å². The van der Waals surface area contributed by atoms with E-state index in [1.807, 2.05) is 19.3 Å². The Kier molecular flexibility index (Phi) is 2.52. The number of nitrogen functional groups attached to an aromatic ring is 2. The molecule has 0 saturated carbocycles. The summed E-state index contributed by atoms with van der Waals surface area (Å²) in [6.45, 7) is 3.85. The maximum Gasteiger partial charge on any atom is 0.270 e. The molecular weight excluding hydrogens is 170 g/mol. The summed E-state index contributed by atoms with van der Waals surface area (Å²) in [6.07, 6.45) is 1.40. The fourth-order valence-electron chi connectivity index (χ4n) is 1.04. The summed E-state index contributed by atoms with van der Waals surface area (Å²) in [5.41, 5.74) is 7.97. The lowest BCUT2D eigenvalue weighted by atomic mass is 10.3. The minimum absolute atomic E-state index is 0.124. The zero-order valence-corrected chi connectivity index (χ0v) is 7.61. The topological polar surface area (TPSA) is 99.0 Å². The van der Waals surface area contributed by atoms with Crippen LogP contribution in [0.4, 0.5) is 5.82 Å². The van der Waals surface area contributed by atoms with Crippen molar-refractivity contribution in [1.82, 2.24) is 15.2 Å². The number of hydrogen-bond donors (Lipinski definition) is 3. The lowest BCUT2D eigenvalue weighted by Crippen LogP contribution is -2.30. The summed E-state index contributed by atoms with van der Waals surface area (Å²) in [4.78, 5) is 11.1. The molecule has 1 aromatic rings. The molecule has 1 rings (SSSR count). The summed E-state index contributed by atoms with van der Waals surface area (Å²) >= 11 is 0. The Balaban J connectivity index is 3.06. The molecule has 0 aliphatic heterocycles. The summed E-state index contributed by atoms with van der Waals surface area (Å²) in [7, 11) is 0. The lowest BCUT2D eigenvalue weighted by Gasteiger charge is -2.07. The van der Waals surface area contributed by atoms with Gasteiger partial charge in [-0.3, -0.25) is 10.2 Å². The molecule has 0 spiro atoms. The standard InChI is InChI=1S/C7H13N5O/c1-4(2)12-6(8)5(3-10-12)7(13)11-9/h3-4H,8-9H2,1-2H3,(H,11,13). The first-order valence-electron chi connectivity index (χ1n) is 3.91. The molecule has 0 atom stereocenters. The fraction of sp³-hybridized carbons (Fsp3) is 0.429. The lowest BCUT2D eigenvalue weighted by molar-refractivity contribution is 0.0954. The van der Waals surface area contributed by atoms with Crippen LogP contribution >= 0.6 is 0 Å². The third kappa shape index (κ3) is 1.62. The van der Waals surface area contributed by atoms with E-state index in [1.165, 1.54) is 6.20 Å². The number of rotatable bonds is 2. The first-order chi connectivity index (χ1) is 6.07. The molecule has 0 unspecified atom stereocenters. The molecule has 0 fully saturated rings. The summed E-state index contributed by atoms with van der Waals surface area (Å²) < 4.78 is 1.56. The van der Waals surface area contributed by atoms with Crippen molar-refractivity contribution in [3.63, 3.8) is 0 Å². The molecule has 1 aromatic heterocycles.